The van der Waals surface area contributed by atoms with Crippen LogP contribution in [0.4, 0.5) is 0 Å². The molecule has 3 rings (SSSR count). The molecule has 2 fully saturated rings. The van der Waals surface area contributed by atoms with Crippen LogP contribution in [0.3, 0.4) is 0 Å². The van der Waals surface area contributed by atoms with Crippen LogP contribution in [0, 0.1) is 24.2 Å². The van der Waals surface area contributed by atoms with E-state index in [1.54, 1.807) is 0 Å². The number of aryl methyl sites for hydroxylation is 1. The van der Waals surface area contributed by atoms with Crippen molar-refractivity contribution >= 4 is 5.97 Å². The molecule has 0 bridgehead atoms. The first-order valence-corrected chi connectivity index (χ1v) is 9.95. The van der Waals surface area contributed by atoms with Gasteiger partial charge in [0.05, 0.1) is 18.1 Å². The van der Waals surface area contributed by atoms with Crippen molar-refractivity contribution < 1.29 is 9.53 Å². The molecule has 1 saturated heterocycles. The van der Waals surface area contributed by atoms with E-state index in [2.05, 4.69) is 30.0 Å². The normalized spacial score (nSPS) is 29.3. The number of hydrogen-bond donors (Lipinski definition) is 0. The van der Waals surface area contributed by atoms with Gasteiger partial charge in [-0.2, -0.15) is 5.26 Å². The van der Waals surface area contributed by atoms with E-state index in [9.17, 15) is 10.1 Å². The summed E-state index contributed by atoms with van der Waals surface area (Å²) in [4.78, 5) is 14.3. The molecule has 26 heavy (non-hydrogen) atoms. The molecule has 0 N–H and O–H groups in total. The molecule has 1 aromatic rings. The molecule has 1 aliphatic heterocycles. The van der Waals surface area contributed by atoms with Gasteiger partial charge in [-0.25, -0.2) is 0 Å². The topological polar surface area (TPSA) is 53.3 Å². The lowest BCUT2D eigenvalue weighted by molar-refractivity contribution is -0.144. The fraction of sp³-hybridized carbons (Fsp3) is 0.636. The molecule has 4 heteroatoms. The summed E-state index contributed by atoms with van der Waals surface area (Å²) < 4.78 is 5.09. The van der Waals surface area contributed by atoms with Crippen molar-refractivity contribution in [3.05, 3.63) is 35.4 Å². The third-order valence-corrected chi connectivity index (χ3v) is 6.28. The van der Waals surface area contributed by atoms with Crippen LogP contribution in [0.1, 0.15) is 56.6 Å². The maximum atomic E-state index is 11.7. The number of hydrogen-bond acceptors (Lipinski definition) is 4. The second kappa shape index (κ2) is 8.22. The van der Waals surface area contributed by atoms with Crippen LogP contribution < -0.4 is 0 Å². The van der Waals surface area contributed by atoms with Gasteiger partial charge in [0.15, 0.2) is 0 Å². The molecule has 1 aliphatic carbocycles. The molecule has 2 aliphatic rings. The second-order valence-corrected chi connectivity index (χ2v) is 7.90. The zero-order valence-corrected chi connectivity index (χ0v) is 16.0. The fourth-order valence-electron chi connectivity index (χ4n) is 4.83. The van der Waals surface area contributed by atoms with Gasteiger partial charge in [-0.05, 0) is 69.5 Å². The van der Waals surface area contributed by atoms with Gasteiger partial charge in [0.1, 0.15) is 0 Å². The minimum atomic E-state index is -0.327. The first-order valence-electron chi connectivity index (χ1n) is 9.95. The number of likely N-dealkylation sites (tertiary alicyclic amines) is 1. The number of ether oxygens (including phenoxy) is 1. The van der Waals surface area contributed by atoms with E-state index >= 15 is 0 Å². The van der Waals surface area contributed by atoms with Crippen molar-refractivity contribution in [2.75, 3.05) is 19.7 Å². The van der Waals surface area contributed by atoms with E-state index in [-0.39, 0.29) is 11.4 Å². The second-order valence-electron chi connectivity index (χ2n) is 7.90. The summed E-state index contributed by atoms with van der Waals surface area (Å²) in [7, 11) is 0. The van der Waals surface area contributed by atoms with Crippen molar-refractivity contribution in [3.8, 4) is 6.07 Å². The van der Waals surface area contributed by atoms with Crippen LogP contribution in [0.5, 0.6) is 0 Å². The van der Waals surface area contributed by atoms with E-state index in [1.165, 1.54) is 11.1 Å². The number of carbonyl (C=O) groups excluding carboxylic acids is 1. The minimum absolute atomic E-state index is 0.0638. The Morgan fingerprint density at radius 3 is 2.69 bits per heavy atom. The zero-order valence-electron chi connectivity index (χ0n) is 16.0. The van der Waals surface area contributed by atoms with Crippen LogP contribution in [-0.2, 0) is 14.9 Å². The van der Waals surface area contributed by atoms with E-state index in [1.807, 2.05) is 19.1 Å². The van der Waals surface area contributed by atoms with Crippen molar-refractivity contribution in [1.29, 1.82) is 5.26 Å². The monoisotopic (exact) mass is 354 g/mol. The van der Waals surface area contributed by atoms with Gasteiger partial charge in [0.2, 0.25) is 0 Å². The third-order valence-electron chi connectivity index (χ3n) is 6.28. The number of nitrogens with zero attached hydrogens (tertiary/aromatic N) is 2. The summed E-state index contributed by atoms with van der Waals surface area (Å²) in [6.07, 6.45) is 5.61. The van der Waals surface area contributed by atoms with Crippen molar-refractivity contribution in [3.63, 3.8) is 0 Å². The number of benzene rings is 1. The molecule has 0 radical (unpaired) electrons. The summed E-state index contributed by atoms with van der Waals surface area (Å²) in [6, 6.07) is 11.5. The number of nitriles is 1. The number of carbonyl (C=O) groups is 1. The smallest absolute Gasteiger partial charge is 0.306 e. The predicted octanol–water partition coefficient (Wildman–Crippen LogP) is 3.97. The third kappa shape index (κ3) is 3.94. The van der Waals surface area contributed by atoms with Crippen LogP contribution in [0.15, 0.2) is 24.3 Å². The van der Waals surface area contributed by atoms with Gasteiger partial charge >= 0.3 is 5.97 Å². The summed E-state index contributed by atoms with van der Waals surface area (Å²) in [5.41, 5.74) is 2.11. The summed E-state index contributed by atoms with van der Waals surface area (Å²) in [5, 5.41) is 9.95. The Kier molecular flexibility index (Phi) is 5.98. The Morgan fingerprint density at radius 1 is 1.31 bits per heavy atom. The lowest BCUT2D eigenvalue weighted by Crippen LogP contribution is -2.41. The summed E-state index contributed by atoms with van der Waals surface area (Å²) in [6.45, 7) is 6.50. The van der Waals surface area contributed by atoms with Gasteiger partial charge < -0.3 is 9.64 Å². The maximum absolute atomic E-state index is 11.7. The van der Waals surface area contributed by atoms with Crippen LogP contribution >= 0.6 is 0 Å². The standard InChI is InChI=1S/C22H30N2O2/c1-3-26-21(25)14-18-10-13-24(15-18)19-8-11-22(16-23,12-9-19)20-7-5-4-6-17(20)2/h4-7,18-19H,3,8-15H2,1-2H3/t18-,19?,22?/m0/s1. The highest BCUT2D eigenvalue weighted by Gasteiger charge is 2.40. The average Bonchev–Trinajstić information content (AvgIpc) is 3.11. The quantitative estimate of drug-likeness (QED) is 0.751. The van der Waals surface area contributed by atoms with Crippen LogP contribution in [0.25, 0.3) is 0 Å². The van der Waals surface area contributed by atoms with Crippen molar-refractivity contribution in [2.24, 2.45) is 5.92 Å². The molecule has 1 saturated carbocycles. The molecule has 0 spiro atoms. The SMILES string of the molecule is CCOC(=O)C[C@@H]1CCN(C2CCC(C#N)(c3ccccc3C)CC2)C1. The molecule has 1 atom stereocenters. The van der Waals surface area contributed by atoms with Crippen molar-refractivity contribution in [2.45, 2.75) is 63.8 Å². The van der Waals surface area contributed by atoms with E-state index in [4.69, 9.17) is 4.74 Å². The van der Waals surface area contributed by atoms with Gasteiger partial charge in [-0.15, -0.1) is 0 Å². The largest absolute Gasteiger partial charge is 0.466 e. The molecule has 0 unspecified atom stereocenters. The Morgan fingerprint density at radius 2 is 2.04 bits per heavy atom. The molecule has 1 heterocycles. The predicted molar refractivity (Wildman–Crippen MR) is 102 cm³/mol. The Hall–Kier alpha value is -1.86. The van der Waals surface area contributed by atoms with Crippen LogP contribution in [0.2, 0.25) is 0 Å². The molecular formula is C22H30N2O2. The minimum Gasteiger partial charge on any atom is -0.466 e. The number of esters is 1. The Balaban J connectivity index is 1.58. The molecule has 4 nitrogen and oxygen atoms in total. The molecule has 1 aromatic carbocycles. The van der Waals surface area contributed by atoms with Gasteiger partial charge in [0.25, 0.3) is 0 Å². The summed E-state index contributed by atoms with van der Waals surface area (Å²) >= 11 is 0. The Bertz CT molecular complexity index is 671. The lowest BCUT2D eigenvalue weighted by atomic mass is 9.68. The van der Waals surface area contributed by atoms with Gasteiger partial charge in [-0.3, -0.25) is 4.79 Å². The van der Waals surface area contributed by atoms with Gasteiger partial charge in [0, 0.05) is 19.0 Å². The highest BCUT2D eigenvalue weighted by Crippen LogP contribution is 2.42. The van der Waals surface area contributed by atoms with E-state index < -0.39 is 0 Å². The summed E-state index contributed by atoms with van der Waals surface area (Å²) in [5.74, 6) is 0.360. The van der Waals surface area contributed by atoms with E-state index in [0.29, 0.717) is 25.0 Å². The van der Waals surface area contributed by atoms with E-state index in [0.717, 1.165) is 45.2 Å². The zero-order chi connectivity index (χ0) is 18.6. The van der Waals surface area contributed by atoms with Crippen LogP contribution in [-0.4, -0.2) is 36.6 Å². The average molecular weight is 354 g/mol. The fourth-order valence-corrected chi connectivity index (χ4v) is 4.83. The highest BCUT2D eigenvalue weighted by molar-refractivity contribution is 5.69. The van der Waals surface area contributed by atoms with Crippen molar-refractivity contribution in [1.82, 2.24) is 4.90 Å². The maximum Gasteiger partial charge on any atom is 0.306 e. The number of rotatable bonds is 5. The highest BCUT2D eigenvalue weighted by atomic mass is 16.5. The first kappa shape index (κ1) is 18.9. The molecule has 0 aromatic heterocycles. The van der Waals surface area contributed by atoms with Gasteiger partial charge in [-0.1, -0.05) is 24.3 Å². The molecule has 140 valence electrons. The Labute approximate surface area is 157 Å². The molecular weight excluding hydrogens is 324 g/mol. The molecule has 0 amide bonds. The lowest BCUT2D eigenvalue weighted by Gasteiger charge is -2.39. The first-order chi connectivity index (χ1) is 12.6.